The fraction of sp³-hybridized carbons (Fsp3) is 0.263. The number of ketones is 1. The van der Waals surface area contributed by atoms with Gasteiger partial charge in [0.05, 0.1) is 0 Å². The monoisotopic (exact) mass is 311 g/mol. The Morgan fingerprint density at radius 2 is 1.91 bits per heavy atom. The van der Waals surface area contributed by atoms with Gasteiger partial charge in [-0.1, -0.05) is 37.6 Å². The van der Waals surface area contributed by atoms with Crippen molar-refractivity contribution < 1.29 is 14.7 Å². The van der Waals surface area contributed by atoms with E-state index < -0.39 is 5.97 Å². The predicted octanol–water partition coefficient (Wildman–Crippen LogP) is 4.10. The molecule has 0 bridgehead atoms. The molecule has 0 aliphatic carbocycles. The number of carboxylic acids is 1. The molecule has 0 aliphatic rings. The second kappa shape index (κ2) is 8.13. The van der Waals surface area contributed by atoms with Crippen molar-refractivity contribution in [2.24, 2.45) is 0 Å². The van der Waals surface area contributed by atoms with Gasteiger partial charge < -0.3 is 10.1 Å². The average molecular weight is 311 g/mol. The van der Waals surface area contributed by atoms with Crippen molar-refractivity contribution in [1.29, 1.82) is 0 Å². The van der Waals surface area contributed by atoms with Gasteiger partial charge in [-0.2, -0.15) is 0 Å². The van der Waals surface area contributed by atoms with E-state index >= 15 is 0 Å². The summed E-state index contributed by atoms with van der Waals surface area (Å²) in [7, 11) is 0. The SMILES string of the molecule is CCCCc1ccc(C(=O)CC(=Cc2ccc[nH]2)C(=O)O)cc1. The zero-order valence-electron chi connectivity index (χ0n) is 13.2. The van der Waals surface area contributed by atoms with Crippen LogP contribution in [0.4, 0.5) is 0 Å². The van der Waals surface area contributed by atoms with Crippen LogP contribution >= 0.6 is 0 Å². The minimum Gasteiger partial charge on any atom is -0.478 e. The molecule has 120 valence electrons. The Morgan fingerprint density at radius 1 is 1.17 bits per heavy atom. The first kappa shape index (κ1) is 16.7. The fourth-order valence-corrected chi connectivity index (χ4v) is 2.32. The zero-order valence-corrected chi connectivity index (χ0v) is 13.2. The Morgan fingerprint density at radius 3 is 2.48 bits per heavy atom. The third kappa shape index (κ3) is 4.95. The van der Waals surface area contributed by atoms with Gasteiger partial charge in [-0.05, 0) is 36.6 Å². The van der Waals surface area contributed by atoms with Crippen molar-refractivity contribution in [3.05, 3.63) is 65.0 Å². The third-order valence-electron chi connectivity index (χ3n) is 3.67. The van der Waals surface area contributed by atoms with Crippen molar-refractivity contribution in [3.8, 4) is 0 Å². The van der Waals surface area contributed by atoms with E-state index in [9.17, 15) is 14.7 Å². The van der Waals surface area contributed by atoms with Gasteiger partial charge in [-0.3, -0.25) is 4.79 Å². The number of H-pyrrole nitrogens is 1. The highest BCUT2D eigenvalue weighted by molar-refractivity contribution is 6.04. The molecule has 1 heterocycles. The number of aromatic amines is 1. The molecule has 2 N–H and O–H groups in total. The molecule has 0 amide bonds. The van der Waals surface area contributed by atoms with Crippen molar-refractivity contribution in [2.75, 3.05) is 0 Å². The van der Waals surface area contributed by atoms with E-state index in [1.54, 1.807) is 30.5 Å². The molecule has 0 saturated heterocycles. The summed E-state index contributed by atoms with van der Waals surface area (Å²) in [6.45, 7) is 2.14. The normalized spacial score (nSPS) is 11.4. The Kier molecular flexibility index (Phi) is 5.92. The van der Waals surface area contributed by atoms with E-state index in [0.717, 1.165) is 19.3 Å². The molecular weight excluding hydrogens is 290 g/mol. The molecular formula is C19H21NO3. The maximum absolute atomic E-state index is 12.3. The summed E-state index contributed by atoms with van der Waals surface area (Å²) in [5.41, 5.74) is 2.49. The summed E-state index contributed by atoms with van der Waals surface area (Å²) in [5.74, 6) is -1.26. The largest absolute Gasteiger partial charge is 0.478 e. The van der Waals surface area contributed by atoms with Crippen molar-refractivity contribution in [2.45, 2.75) is 32.6 Å². The summed E-state index contributed by atoms with van der Waals surface area (Å²) in [5, 5.41) is 9.27. The lowest BCUT2D eigenvalue weighted by Gasteiger charge is -2.05. The van der Waals surface area contributed by atoms with Gasteiger partial charge >= 0.3 is 5.97 Å². The summed E-state index contributed by atoms with van der Waals surface area (Å²) in [4.78, 5) is 26.5. The molecule has 0 atom stereocenters. The molecule has 0 saturated carbocycles. The van der Waals surface area contributed by atoms with Crippen molar-refractivity contribution >= 4 is 17.8 Å². The number of Topliss-reactive ketones (excluding diaryl/α,β-unsaturated/α-hetero) is 1. The number of nitrogens with one attached hydrogen (secondary N) is 1. The van der Waals surface area contributed by atoms with Crippen LogP contribution in [0.15, 0.2) is 48.2 Å². The molecule has 0 aliphatic heterocycles. The quantitative estimate of drug-likeness (QED) is 0.569. The van der Waals surface area contributed by atoms with Gasteiger partial charge in [0.25, 0.3) is 0 Å². The zero-order chi connectivity index (χ0) is 16.7. The first-order valence-electron chi connectivity index (χ1n) is 7.79. The Labute approximate surface area is 135 Å². The summed E-state index contributed by atoms with van der Waals surface area (Å²) in [6.07, 6.45) is 6.33. The number of aryl methyl sites for hydroxylation is 1. The molecule has 0 spiro atoms. The smallest absolute Gasteiger partial charge is 0.332 e. The number of aliphatic carboxylic acids is 1. The van der Waals surface area contributed by atoms with Crippen LogP contribution in [-0.2, 0) is 11.2 Å². The van der Waals surface area contributed by atoms with Crippen LogP contribution in [0.25, 0.3) is 6.08 Å². The van der Waals surface area contributed by atoms with Crippen LogP contribution in [0.3, 0.4) is 0 Å². The molecule has 0 unspecified atom stereocenters. The van der Waals surface area contributed by atoms with Gasteiger partial charge in [0.2, 0.25) is 0 Å². The number of carboxylic acid groups (broad SMARTS) is 1. The highest BCUT2D eigenvalue weighted by atomic mass is 16.4. The molecule has 0 radical (unpaired) electrons. The lowest BCUT2D eigenvalue weighted by atomic mass is 10.00. The van der Waals surface area contributed by atoms with Crippen molar-refractivity contribution in [1.82, 2.24) is 4.98 Å². The number of benzene rings is 1. The summed E-state index contributed by atoms with van der Waals surface area (Å²) in [6, 6.07) is 11.0. The molecule has 2 rings (SSSR count). The number of carbonyl (C=O) groups is 2. The summed E-state index contributed by atoms with van der Waals surface area (Å²) >= 11 is 0. The molecule has 1 aromatic heterocycles. The molecule has 23 heavy (non-hydrogen) atoms. The van der Waals surface area contributed by atoms with Crippen LogP contribution in [0.1, 0.15) is 47.8 Å². The number of unbranched alkanes of at least 4 members (excludes halogenated alkanes) is 1. The fourth-order valence-electron chi connectivity index (χ4n) is 2.32. The van der Waals surface area contributed by atoms with Gasteiger partial charge in [-0.25, -0.2) is 4.79 Å². The average Bonchev–Trinajstić information content (AvgIpc) is 3.05. The van der Waals surface area contributed by atoms with Crippen molar-refractivity contribution in [3.63, 3.8) is 0 Å². The second-order valence-electron chi connectivity index (χ2n) is 5.50. The van der Waals surface area contributed by atoms with Crippen LogP contribution in [0.2, 0.25) is 0 Å². The van der Waals surface area contributed by atoms with Gasteiger partial charge in [0.1, 0.15) is 0 Å². The van der Waals surface area contributed by atoms with Crippen LogP contribution in [-0.4, -0.2) is 21.8 Å². The van der Waals surface area contributed by atoms with E-state index in [2.05, 4.69) is 11.9 Å². The topological polar surface area (TPSA) is 70.2 Å². The number of hydrogen-bond donors (Lipinski definition) is 2. The van der Waals surface area contributed by atoms with Gasteiger partial charge in [-0.15, -0.1) is 0 Å². The van der Waals surface area contributed by atoms with E-state index in [4.69, 9.17) is 0 Å². The maximum atomic E-state index is 12.3. The van der Waals surface area contributed by atoms with E-state index in [0.29, 0.717) is 11.3 Å². The van der Waals surface area contributed by atoms with Crippen LogP contribution in [0, 0.1) is 0 Å². The molecule has 1 aromatic carbocycles. The Bertz CT molecular complexity index is 682. The van der Waals surface area contributed by atoms with Gasteiger partial charge in [0, 0.05) is 29.4 Å². The first-order chi connectivity index (χ1) is 11.1. The van der Waals surface area contributed by atoms with E-state index in [-0.39, 0.29) is 17.8 Å². The summed E-state index contributed by atoms with van der Waals surface area (Å²) < 4.78 is 0. The molecule has 0 fully saturated rings. The second-order valence-corrected chi connectivity index (χ2v) is 5.50. The Hall–Kier alpha value is -2.62. The lowest BCUT2D eigenvalue weighted by Crippen LogP contribution is -2.08. The number of carbonyl (C=O) groups excluding carboxylic acids is 1. The Balaban J connectivity index is 2.08. The third-order valence-corrected chi connectivity index (χ3v) is 3.67. The maximum Gasteiger partial charge on any atom is 0.332 e. The van der Waals surface area contributed by atoms with Crippen LogP contribution < -0.4 is 0 Å². The number of hydrogen-bond acceptors (Lipinski definition) is 2. The first-order valence-corrected chi connectivity index (χ1v) is 7.79. The standard InChI is InChI=1S/C19H21NO3/c1-2-3-5-14-7-9-15(10-8-14)18(21)13-16(19(22)23)12-17-6-4-11-20-17/h4,6-12,20H,2-3,5,13H2,1H3,(H,22,23). The number of aromatic nitrogens is 1. The molecule has 4 heteroatoms. The molecule has 4 nitrogen and oxygen atoms in total. The molecule has 2 aromatic rings. The van der Waals surface area contributed by atoms with Crippen LogP contribution in [0.5, 0.6) is 0 Å². The van der Waals surface area contributed by atoms with E-state index in [1.165, 1.54) is 11.6 Å². The highest BCUT2D eigenvalue weighted by Gasteiger charge is 2.15. The predicted molar refractivity (Wildman–Crippen MR) is 90.4 cm³/mol. The van der Waals surface area contributed by atoms with Gasteiger partial charge in [0.15, 0.2) is 5.78 Å². The minimum atomic E-state index is -1.08. The lowest BCUT2D eigenvalue weighted by molar-refractivity contribution is -0.132. The minimum absolute atomic E-state index is 0.0764. The van der Waals surface area contributed by atoms with E-state index in [1.807, 2.05) is 12.1 Å². The number of rotatable bonds is 8. The highest BCUT2D eigenvalue weighted by Crippen LogP contribution is 2.15.